The molecule has 0 spiro atoms. The number of aromatic nitrogens is 1. The molecule has 2 heterocycles. The first-order valence-electron chi connectivity index (χ1n) is 6.90. The largest absolute Gasteiger partial charge is 0.396 e. The number of aryl methyl sites for hydroxylation is 2. The quantitative estimate of drug-likeness (QED) is 0.903. The molecule has 1 N–H and O–H groups in total. The van der Waals surface area contributed by atoms with Crippen molar-refractivity contribution < 1.29 is 5.11 Å². The molecular weight excluding hydrogens is 238 g/mol. The van der Waals surface area contributed by atoms with Crippen molar-refractivity contribution in [3.05, 3.63) is 23.0 Å². The van der Waals surface area contributed by atoms with Crippen molar-refractivity contribution in [2.24, 2.45) is 5.92 Å². The number of nitrogens with zero attached hydrogens (tertiary/aromatic N) is 3. The van der Waals surface area contributed by atoms with Crippen LogP contribution in [0.3, 0.4) is 0 Å². The van der Waals surface area contributed by atoms with Crippen LogP contribution in [0.2, 0.25) is 0 Å². The van der Waals surface area contributed by atoms with Crippen molar-refractivity contribution in [2.45, 2.75) is 33.1 Å². The summed E-state index contributed by atoms with van der Waals surface area (Å²) in [5.74, 6) is 0.527. The molecule has 0 bridgehead atoms. The van der Waals surface area contributed by atoms with Crippen LogP contribution in [0.25, 0.3) is 0 Å². The highest BCUT2D eigenvalue weighted by Crippen LogP contribution is 2.29. The van der Waals surface area contributed by atoms with Crippen molar-refractivity contribution in [3.63, 3.8) is 0 Å². The second-order valence-corrected chi connectivity index (χ2v) is 5.32. The highest BCUT2D eigenvalue weighted by Gasteiger charge is 2.22. The van der Waals surface area contributed by atoms with Gasteiger partial charge in [0.15, 0.2) is 0 Å². The molecule has 0 saturated carbocycles. The van der Waals surface area contributed by atoms with Gasteiger partial charge in [0.2, 0.25) is 0 Å². The van der Waals surface area contributed by atoms with E-state index in [9.17, 15) is 5.26 Å². The average Bonchev–Trinajstić information content (AvgIpc) is 2.38. The maximum absolute atomic E-state index is 9.33. The monoisotopic (exact) mass is 259 g/mol. The molecule has 0 radical (unpaired) electrons. The van der Waals surface area contributed by atoms with Crippen LogP contribution >= 0.6 is 0 Å². The molecular formula is C15H21N3O. The van der Waals surface area contributed by atoms with Gasteiger partial charge in [-0.25, -0.2) is 0 Å². The standard InChI is InChI=1S/C15H21N3O/c1-11-8-15(14(9-16)12(2)17-11)18-6-3-4-13(10-18)5-7-19/h8,13,19H,3-7,10H2,1-2H3. The van der Waals surface area contributed by atoms with Crippen LogP contribution in [-0.2, 0) is 0 Å². The SMILES string of the molecule is Cc1cc(N2CCCC(CCO)C2)c(C#N)c(C)n1. The van der Waals surface area contributed by atoms with Crippen molar-refractivity contribution in [3.8, 4) is 6.07 Å². The number of rotatable bonds is 3. The van der Waals surface area contributed by atoms with E-state index < -0.39 is 0 Å². The summed E-state index contributed by atoms with van der Waals surface area (Å²) in [5, 5.41) is 18.4. The van der Waals surface area contributed by atoms with Crippen LogP contribution in [0.15, 0.2) is 6.07 Å². The van der Waals surface area contributed by atoms with Gasteiger partial charge in [0.25, 0.3) is 0 Å². The molecule has 2 rings (SSSR count). The molecule has 1 fully saturated rings. The summed E-state index contributed by atoms with van der Waals surface area (Å²) in [7, 11) is 0. The maximum atomic E-state index is 9.33. The zero-order valence-electron chi connectivity index (χ0n) is 11.7. The summed E-state index contributed by atoms with van der Waals surface area (Å²) >= 11 is 0. The van der Waals surface area contributed by atoms with Crippen LogP contribution < -0.4 is 4.90 Å². The highest BCUT2D eigenvalue weighted by molar-refractivity contribution is 5.61. The minimum atomic E-state index is 0.248. The molecule has 0 aliphatic carbocycles. The van der Waals surface area contributed by atoms with Crippen molar-refractivity contribution in [1.82, 2.24) is 4.98 Å². The average molecular weight is 259 g/mol. The van der Waals surface area contributed by atoms with E-state index in [0.29, 0.717) is 11.5 Å². The molecule has 0 amide bonds. The summed E-state index contributed by atoms with van der Waals surface area (Å²) in [6.07, 6.45) is 3.14. The van der Waals surface area contributed by atoms with Crippen LogP contribution in [0.1, 0.15) is 36.2 Å². The van der Waals surface area contributed by atoms with Gasteiger partial charge in [0, 0.05) is 25.4 Å². The fourth-order valence-electron chi connectivity index (χ4n) is 2.90. The Morgan fingerprint density at radius 3 is 3.00 bits per heavy atom. The summed E-state index contributed by atoms with van der Waals surface area (Å²) in [4.78, 5) is 6.65. The Bertz CT molecular complexity index is 491. The summed E-state index contributed by atoms with van der Waals surface area (Å²) in [6.45, 7) is 6.02. The topological polar surface area (TPSA) is 60.1 Å². The Balaban J connectivity index is 2.28. The molecule has 1 aromatic heterocycles. The minimum absolute atomic E-state index is 0.248. The first-order chi connectivity index (χ1) is 9.15. The third kappa shape index (κ3) is 3.05. The smallest absolute Gasteiger partial charge is 0.103 e. The zero-order valence-corrected chi connectivity index (χ0v) is 11.7. The molecule has 1 unspecified atom stereocenters. The number of aliphatic hydroxyl groups excluding tert-OH is 1. The Kier molecular flexibility index (Phi) is 4.39. The number of anilines is 1. The van der Waals surface area contributed by atoms with E-state index in [-0.39, 0.29) is 6.61 Å². The molecule has 4 nitrogen and oxygen atoms in total. The predicted octanol–water partition coefficient (Wildman–Crippen LogP) is 2.17. The fourth-order valence-corrected chi connectivity index (χ4v) is 2.90. The first-order valence-corrected chi connectivity index (χ1v) is 6.90. The number of nitriles is 1. The number of pyridine rings is 1. The molecule has 102 valence electrons. The molecule has 0 aromatic carbocycles. The lowest BCUT2D eigenvalue weighted by Crippen LogP contribution is -2.36. The number of hydrogen-bond acceptors (Lipinski definition) is 4. The Morgan fingerprint density at radius 1 is 1.53 bits per heavy atom. The van der Waals surface area contributed by atoms with Crippen LogP contribution in [0, 0.1) is 31.1 Å². The maximum Gasteiger partial charge on any atom is 0.103 e. The normalized spacial score (nSPS) is 19.3. The van der Waals surface area contributed by atoms with Gasteiger partial charge in [-0.3, -0.25) is 4.98 Å². The van der Waals surface area contributed by atoms with Gasteiger partial charge in [0.1, 0.15) is 6.07 Å². The third-order valence-electron chi connectivity index (χ3n) is 3.82. The molecule has 4 heteroatoms. The Labute approximate surface area is 114 Å². The molecule has 1 atom stereocenters. The fraction of sp³-hybridized carbons (Fsp3) is 0.600. The van der Waals surface area contributed by atoms with E-state index in [0.717, 1.165) is 43.0 Å². The van der Waals surface area contributed by atoms with Gasteiger partial charge in [-0.15, -0.1) is 0 Å². The van der Waals surface area contributed by atoms with E-state index >= 15 is 0 Å². The van der Waals surface area contributed by atoms with Crippen LogP contribution in [0.5, 0.6) is 0 Å². The summed E-state index contributed by atoms with van der Waals surface area (Å²) < 4.78 is 0. The van der Waals surface area contributed by atoms with Gasteiger partial charge in [-0.2, -0.15) is 5.26 Å². The second kappa shape index (κ2) is 6.03. The Morgan fingerprint density at radius 2 is 2.32 bits per heavy atom. The zero-order chi connectivity index (χ0) is 13.8. The van der Waals surface area contributed by atoms with Gasteiger partial charge in [-0.1, -0.05) is 0 Å². The van der Waals surface area contributed by atoms with Gasteiger partial charge < -0.3 is 10.0 Å². The lowest BCUT2D eigenvalue weighted by molar-refractivity contribution is 0.244. The Hall–Kier alpha value is -1.60. The first kappa shape index (κ1) is 13.8. The van der Waals surface area contributed by atoms with Gasteiger partial charge >= 0.3 is 0 Å². The second-order valence-electron chi connectivity index (χ2n) is 5.32. The summed E-state index contributed by atoms with van der Waals surface area (Å²) in [6, 6.07) is 4.29. The lowest BCUT2D eigenvalue weighted by Gasteiger charge is -2.35. The highest BCUT2D eigenvalue weighted by atomic mass is 16.3. The number of hydrogen-bond donors (Lipinski definition) is 1. The van der Waals surface area contributed by atoms with E-state index in [1.54, 1.807) is 0 Å². The van der Waals surface area contributed by atoms with Crippen LogP contribution in [0.4, 0.5) is 5.69 Å². The van der Waals surface area contributed by atoms with Crippen molar-refractivity contribution in [2.75, 3.05) is 24.6 Å². The molecule has 1 aliphatic heterocycles. The van der Waals surface area contributed by atoms with Crippen molar-refractivity contribution >= 4 is 5.69 Å². The van der Waals surface area contributed by atoms with E-state index in [2.05, 4.69) is 16.0 Å². The number of piperidine rings is 1. The molecule has 1 saturated heterocycles. The van der Waals surface area contributed by atoms with Gasteiger partial charge in [0.05, 0.1) is 16.9 Å². The number of aliphatic hydroxyl groups is 1. The van der Waals surface area contributed by atoms with Crippen LogP contribution in [-0.4, -0.2) is 29.8 Å². The van der Waals surface area contributed by atoms with Gasteiger partial charge in [-0.05, 0) is 45.1 Å². The molecule has 1 aromatic rings. The van der Waals surface area contributed by atoms with E-state index in [1.807, 2.05) is 19.9 Å². The van der Waals surface area contributed by atoms with E-state index in [4.69, 9.17) is 5.11 Å². The molecule has 1 aliphatic rings. The van der Waals surface area contributed by atoms with Crippen molar-refractivity contribution in [1.29, 1.82) is 5.26 Å². The third-order valence-corrected chi connectivity index (χ3v) is 3.82. The molecule has 19 heavy (non-hydrogen) atoms. The lowest BCUT2D eigenvalue weighted by atomic mass is 9.94. The van der Waals surface area contributed by atoms with E-state index in [1.165, 1.54) is 6.42 Å². The minimum Gasteiger partial charge on any atom is -0.396 e. The summed E-state index contributed by atoms with van der Waals surface area (Å²) in [5.41, 5.74) is 3.46. The predicted molar refractivity (Wildman–Crippen MR) is 75.1 cm³/mol.